The van der Waals surface area contributed by atoms with Gasteiger partial charge in [0.25, 0.3) is 0 Å². The molecule has 1 fully saturated rings. The summed E-state index contributed by atoms with van der Waals surface area (Å²) in [6, 6.07) is 21.4. The fraction of sp³-hybridized carbons (Fsp3) is 0.269. The number of hydrogen-bond donors (Lipinski definition) is 1. The number of carboxylic acids is 1. The number of hydrogen-bond acceptors (Lipinski definition) is 2. The summed E-state index contributed by atoms with van der Waals surface area (Å²) in [5.41, 5.74) is 2.52. The van der Waals surface area contributed by atoms with Crippen LogP contribution in [0, 0.1) is 0 Å². The van der Waals surface area contributed by atoms with Crippen molar-refractivity contribution in [2.45, 2.75) is 37.5 Å². The SMILES string of the molecule is O=C(O)C1CCCCN1C(c1ccc(-c2ccccc2)cc1)c1cccc(C(F)(F)F)c1. The van der Waals surface area contributed by atoms with E-state index in [1.807, 2.05) is 59.5 Å². The summed E-state index contributed by atoms with van der Waals surface area (Å²) in [6.07, 6.45) is -2.39. The Hall–Kier alpha value is -3.12. The Balaban J connectivity index is 1.78. The molecule has 4 rings (SSSR count). The normalized spacial score (nSPS) is 18.3. The number of benzene rings is 3. The van der Waals surface area contributed by atoms with Crippen molar-refractivity contribution >= 4 is 5.97 Å². The van der Waals surface area contributed by atoms with Crippen LogP contribution in [0.2, 0.25) is 0 Å². The van der Waals surface area contributed by atoms with E-state index in [2.05, 4.69) is 0 Å². The fourth-order valence-electron chi connectivity index (χ4n) is 4.48. The fourth-order valence-corrected chi connectivity index (χ4v) is 4.48. The highest BCUT2D eigenvalue weighted by molar-refractivity contribution is 5.74. The minimum atomic E-state index is -4.47. The van der Waals surface area contributed by atoms with Crippen LogP contribution < -0.4 is 0 Å². The molecule has 2 atom stereocenters. The molecule has 0 aromatic heterocycles. The van der Waals surface area contributed by atoms with Gasteiger partial charge in [0.05, 0.1) is 11.6 Å². The summed E-state index contributed by atoms with van der Waals surface area (Å²) >= 11 is 0. The molecule has 3 nitrogen and oxygen atoms in total. The summed E-state index contributed by atoms with van der Waals surface area (Å²) in [5.74, 6) is -0.942. The van der Waals surface area contributed by atoms with Crippen LogP contribution in [0.1, 0.15) is 42.0 Å². The van der Waals surface area contributed by atoms with Crippen molar-refractivity contribution in [3.8, 4) is 11.1 Å². The van der Waals surface area contributed by atoms with E-state index in [-0.39, 0.29) is 0 Å². The zero-order valence-electron chi connectivity index (χ0n) is 17.4. The van der Waals surface area contributed by atoms with Crippen LogP contribution in [0.4, 0.5) is 13.2 Å². The molecule has 0 amide bonds. The summed E-state index contributed by atoms with van der Waals surface area (Å²) in [5, 5.41) is 9.81. The molecule has 1 aliphatic heterocycles. The van der Waals surface area contributed by atoms with Gasteiger partial charge in [-0.2, -0.15) is 13.2 Å². The van der Waals surface area contributed by atoms with E-state index in [1.54, 1.807) is 6.07 Å². The maximum Gasteiger partial charge on any atom is 0.416 e. The summed E-state index contributed by atoms with van der Waals surface area (Å²) in [6.45, 7) is 0.512. The van der Waals surface area contributed by atoms with E-state index in [0.717, 1.165) is 41.7 Å². The van der Waals surface area contributed by atoms with Crippen molar-refractivity contribution in [2.75, 3.05) is 6.54 Å². The van der Waals surface area contributed by atoms with Gasteiger partial charge < -0.3 is 5.11 Å². The molecule has 3 aromatic rings. The largest absolute Gasteiger partial charge is 0.480 e. The number of carbonyl (C=O) groups is 1. The van der Waals surface area contributed by atoms with Gasteiger partial charge in [-0.15, -0.1) is 0 Å². The minimum Gasteiger partial charge on any atom is -0.480 e. The van der Waals surface area contributed by atoms with E-state index in [4.69, 9.17) is 0 Å². The quantitative estimate of drug-likeness (QED) is 0.500. The molecule has 1 N–H and O–H groups in total. The van der Waals surface area contributed by atoms with Crippen LogP contribution in [-0.2, 0) is 11.0 Å². The number of likely N-dealkylation sites (tertiary alicyclic amines) is 1. The average Bonchev–Trinajstić information content (AvgIpc) is 2.80. The second-order valence-corrected chi connectivity index (χ2v) is 8.10. The van der Waals surface area contributed by atoms with Crippen LogP contribution in [0.15, 0.2) is 78.9 Å². The van der Waals surface area contributed by atoms with Gasteiger partial charge in [0.15, 0.2) is 0 Å². The number of rotatable bonds is 5. The number of alkyl halides is 3. The second kappa shape index (κ2) is 9.17. The molecule has 2 unspecified atom stereocenters. The highest BCUT2D eigenvalue weighted by Gasteiger charge is 2.37. The van der Waals surface area contributed by atoms with Crippen LogP contribution >= 0.6 is 0 Å². The summed E-state index contributed by atoms with van der Waals surface area (Å²) < 4.78 is 40.2. The maximum atomic E-state index is 13.4. The Kier molecular flexibility index (Phi) is 6.33. The molecule has 0 bridgehead atoms. The molecule has 1 aliphatic rings. The van der Waals surface area contributed by atoms with Gasteiger partial charge >= 0.3 is 12.1 Å². The smallest absolute Gasteiger partial charge is 0.416 e. The van der Waals surface area contributed by atoms with Crippen LogP contribution in [0.3, 0.4) is 0 Å². The van der Waals surface area contributed by atoms with Gasteiger partial charge in [0.1, 0.15) is 6.04 Å². The second-order valence-electron chi connectivity index (χ2n) is 8.10. The summed E-state index contributed by atoms with van der Waals surface area (Å²) in [7, 11) is 0. The van der Waals surface area contributed by atoms with Crippen molar-refractivity contribution in [3.63, 3.8) is 0 Å². The van der Waals surface area contributed by atoms with Crippen LogP contribution in [-0.4, -0.2) is 28.6 Å². The van der Waals surface area contributed by atoms with Gasteiger partial charge in [-0.05, 0) is 53.8 Å². The van der Waals surface area contributed by atoms with Crippen molar-refractivity contribution in [2.24, 2.45) is 0 Å². The Morgan fingerprint density at radius 1 is 0.875 bits per heavy atom. The van der Waals surface area contributed by atoms with E-state index in [0.29, 0.717) is 18.5 Å². The first-order chi connectivity index (χ1) is 15.3. The lowest BCUT2D eigenvalue weighted by Gasteiger charge is -2.39. The standard InChI is InChI=1S/C26H24F3NO2/c27-26(28,29)22-10-6-9-21(17-22)24(30-16-5-4-11-23(30)25(31)32)20-14-12-19(13-15-20)18-7-2-1-3-8-18/h1-3,6-10,12-15,17,23-24H,4-5,11,16H2,(H,31,32). The highest BCUT2D eigenvalue weighted by atomic mass is 19.4. The molecule has 32 heavy (non-hydrogen) atoms. The number of carboxylic acid groups (broad SMARTS) is 1. The Morgan fingerprint density at radius 3 is 2.22 bits per heavy atom. The first-order valence-corrected chi connectivity index (χ1v) is 10.7. The highest BCUT2D eigenvalue weighted by Crippen LogP contribution is 2.38. The molecule has 0 saturated carbocycles. The van der Waals surface area contributed by atoms with Gasteiger partial charge in [0.2, 0.25) is 0 Å². The predicted octanol–water partition coefficient (Wildman–Crippen LogP) is 6.40. The lowest BCUT2D eigenvalue weighted by atomic mass is 9.90. The molecular weight excluding hydrogens is 415 g/mol. The first kappa shape index (κ1) is 22.1. The Labute approximate surface area is 185 Å². The van der Waals surface area contributed by atoms with Crippen LogP contribution in [0.5, 0.6) is 0 Å². The third-order valence-electron chi connectivity index (χ3n) is 6.02. The van der Waals surface area contributed by atoms with Crippen molar-refractivity contribution in [1.82, 2.24) is 4.90 Å². The van der Waals surface area contributed by atoms with Gasteiger partial charge in [0, 0.05) is 0 Å². The molecule has 6 heteroatoms. The van der Waals surface area contributed by atoms with Gasteiger partial charge in [-0.25, -0.2) is 0 Å². The lowest BCUT2D eigenvalue weighted by molar-refractivity contribution is -0.145. The monoisotopic (exact) mass is 439 g/mol. The van der Waals surface area contributed by atoms with Crippen molar-refractivity contribution < 1.29 is 23.1 Å². The lowest BCUT2D eigenvalue weighted by Crippen LogP contribution is -2.46. The number of halogens is 3. The van der Waals surface area contributed by atoms with E-state index in [1.165, 1.54) is 6.07 Å². The van der Waals surface area contributed by atoms with E-state index >= 15 is 0 Å². The molecule has 0 aliphatic carbocycles. The average molecular weight is 439 g/mol. The zero-order chi connectivity index (χ0) is 22.7. The Bertz CT molecular complexity index is 1060. The number of piperidine rings is 1. The first-order valence-electron chi connectivity index (χ1n) is 10.7. The molecule has 1 saturated heterocycles. The summed E-state index contributed by atoms with van der Waals surface area (Å²) in [4.78, 5) is 13.8. The molecule has 0 radical (unpaired) electrons. The van der Waals surface area contributed by atoms with Crippen molar-refractivity contribution in [3.05, 3.63) is 95.6 Å². The topological polar surface area (TPSA) is 40.5 Å². The van der Waals surface area contributed by atoms with Gasteiger partial charge in [-0.1, -0.05) is 73.2 Å². The van der Waals surface area contributed by atoms with E-state index in [9.17, 15) is 23.1 Å². The maximum absolute atomic E-state index is 13.4. The molecule has 1 heterocycles. The number of nitrogens with zero attached hydrogens (tertiary/aromatic N) is 1. The van der Waals surface area contributed by atoms with Crippen molar-refractivity contribution in [1.29, 1.82) is 0 Å². The third-order valence-corrected chi connectivity index (χ3v) is 6.02. The third kappa shape index (κ3) is 4.70. The zero-order valence-corrected chi connectivity index (χ0v) is 17.4. The van der Waals surface area contributed by atoms with E-state index < -0.39 is 29.8 Å². The molecular formula is C26H24F3NO2. The molecule has 3 aromatic carbocycles. The Morgan fingerprint density at radius 2 is 1.56 bits per heavy atom. The predicted molar refractivity (Wildman–Crippen MR) is 117 cm³/mol. The minimum absolute atomic E-state index is 0.445. The van der Waals surface area contributed by atoms with Crippen LogP contribution in [0.25, 0.3) is 11.1 Å². The molecule has 166 valence electrons. The van der Waals surface area contributed by atoms with Gasteiger partial charge in [-0.3, -0.25) is 9.69 Å². The molecule has 0 spiro atoms. The number of aliphatic carboxylic acids is 1.